The van der Waals surface area contributed by atoms with Gasteiger partial charge < -0.3 is 5.32 Å². The van der Waals surface area contributed by atoms with E-state index in [9.17, 15) is 9.59 Å². The molecule has 0 bridgehead atoms. The maximum absolute atomic E-state index is 12.2. The van der Waals surface area contributed by atoms with Crippen molar-refractivity contribution in [2.45, 2.75) is 6.92 Å². The second-order valence-electron chi connectivity index (χ2n) is 5.68. The first-order chi connectivity index (χ1) is 13.1. The van der Waals surface area contributed by atoms with Crippen molar-refractivity contribution in [2.75, 3.05) is 10.6 Å². The topological polar surface area (TPSA) is 101 Å². The third-order valence-electron chi connectivity index (χ3n) is 3.71. The summed E-state index contributed by atoms with van der Waals surface area (Å²) in [5.74, 6) is -0.270. The van der Waals surface area contributed by atoms with E-state index in [4.69, 9.17) is 0 Å². The van der Waals surface area contributed by atoms with Crippen LogP contribution in [0.15, 0.2) is 54.0 Å². The first-order valence-corrected chi connectivity index (χ1v) is 8.93. The lowest BCUT2D eigenvalue weighted by Gasteiger charge is -2.03. The normalized spacial score (nSPS) is 10.7. The highest BCUT2D eigenvalue weighted by atomic mass is 32.1. The number of pyridine rings is 1. The van der Waals surface area contributed by atoms with Gasteiger partial charge in [0.15, 0.2) is 0 Å². The summed E-state index contributed by atoms with van der Waals surface area (Å²) in [7, 11) is 0. The highest BCUT2D eigenvalue weighted by Crippen LogP contribution is 2.27. The second kappa shape index (κ2) is 6.96. The zero-order valence-corrected chi connectivity index (χ0v) is 15.0. The zero-order chi connectivity index (χ0) is 18.8. The van der Waals surface area contributed by atoms with E-state index in [1.54, 1.807) is 28.9 Å². The lowest BCUT2D eigenvalue weighted by molar-refractivity contribution is -0.114. The summed E-state index contributed by atoms with van der Waals surface area (Å²) in [5, 5.41) is 11.7. The molecule has 0 fully saturated rings. The summed E-state index contributed by atoms with van der Waals surface area (Å²) in [6, 6.07) is 12.5. The summed E-state index contributed by atoms with van der Waals surface area (Å²) in [6.45, 7) is 1.46. The van der Waals surface area contributed by atoms with Crippen molar-refractivity contribution in [2.24, 2.45) is 0 Å². The van der Waals surface area contributed by atoms with Crippen LogP contribution in [0.4, 0.5) is 11.6 Å². The summed E-state index contributed by atoms with van der Waals surface area (Å²) in [6.07, 6.45) is 1.55. The number of nitrogens with zero attached hydrogens (tertiary/aromatic N) is 4. The smallest absolute Gasteiger partial charge is 0.276 e. The quantitative estimate of drug-likeness (QED) is 0.568. The van der Waals surface area contributed by atoms with Gasteiger partial charge in [-0.15, -0.1) is 16.4 Å². The van der Waals surface area contributed by atoms with Crippen LogP contribution in [0.1, 0.15) is 17.4 Å². The van der Waals surface area contributed by atoms with Crippen LogP contribution >= 0.6 is 11.3 Å². The lowest BCUT2D eigenvalue weighted by atomic mass is 10.1. The average molecular weight is 378 g/mol. The van der Waals surface area contributed by atoms with Gasteiger partial charge in [0.2, 0.25) is 10.9 Å². The lowest BCUT2D eigenvalue weighted by Crippen LogP contribution is -2.14. The molecule has 0 radical (unpaired) electrons. The van der Waals surface area contributed by atoms with E-state index in [-0.39, 0.29) is 17.8 Å². The fourth-order valence-corrected chi connectivity index (χ4v) is 3.35. The molecule has 27 heavy (non-hydrogen) atoms. The monoisotopic (exact) mass is 378 g/mol. The van der Waals surface area contributed by atoms with Crippen LogP contribution in [0, 0.1) is 0 Å². The van der Waals surface area contributed by atoms with Gasteiger partial charge in [-0.05, 0) is 24.3 Å². The molecular formula is C18H14N6O2S. The summed E-state index contributed by atoms with van der Waals surface area (Å²) in [5.41, 5.74) is 2.78. The van der Waals surface area contributed by atoms with Gasteiger partial charge in [0, 0.05) is 29.8 Å². The minimum Gasteiger partial charge on any atom is -0.326 e. The van der Waals surface area contributed by atoms with E-state index < -0.39 is 0 Å². The van der Waals surface area contributed by atoms with E-state index in [1.807, 2.05) is 29.6 Å². The van der Waals surface area contributed by atoms with E-state index >= 15 is 0 Å². The summed E-state index contributed by atoms with van der Waals surface area (Å²) < 4.78 is 1.67. The molecule has 0 saturated heterocycles. The van der Waals surface area contributed by atoms with E-state index in [1.165, 1.54) is 18.3 Å². The predicted molar refractivity (Wildman–Crippen MR) is 103 cm³/mol. The molecule has 1 aromatic carbocycles. The molecule has 0 atom stereocenters. The van der Waals surface area contributed by atoms with Crippen LogP contribution in [0.25, 0.3) is 16.2 Å². The van der Waals surface area contributed by atoms with E-state index in [0.717, 1.165) is 16.9 Å². The van der Waals surface area contributed by atoms with Gasteiger partial charge in [-0.2, -0.15) is 4.98 Å². The zero-order valence-electron chi connectivity index (χ0n) is 14.2. The standard InChI is InChI=1S/C18H14N6O2S/c1-11(25)20-13-7-5-12(6-8-13)15-10-27-18-22-17(23-24(15)18)21-16(26)14-4-2-3-9-19-14/h2-10H,1H3,(H,20,25)(H,21,23,26). The molecule has 0 aliphatic heterocycles. The predicted octanol–water partition coefficient (Wildman–Crippen LogP) is 3.06. The van der Waals surface area contributed by atoms with E-state index in [2.05, 4.69) is 25.7 Å². The minimum absolute atomic E-state index is 0.120. The molecular weight excluding hydrogens is 364 g/mol. The number of nitrogens with one attached hydrogen (secondary N) is 2. The molecule has 8 nitrogen and oxygen atoms in total. The Kier molecular flexibility index (Phi) is 4.35. The molecule has 0 aliphatic carbocycles. The van der Waals surface area contributed by atoms with Gasteiger partial charge in [0.1, 0.15) is 5.69 Å². The number of benzene rings is 1. The molecule has 0 saturated carbocycles. The third kappa shape index (κ3) is 3.53. The first kappa shape index (κ1) is 16.9. The Balaban J connectivity index is 1.59. The number of carbonyl (C=O) groups excluding carboxylic acids is 2. The number of fused-ring (bicyclic) bond motifs is 1. The third-order valence-corrected chi connectivity index (χ3v) is 4.52. The maximum atomic E-state index is 12.2. The number of hydrogen-bond donors (Lipinski definition) is 2. The summed E-state index contributed by atoms with van der Waals surface area (Å²) in [4.78, 5) is 32.3. The molecule has 9 heteroatoms. The maximum Gasteiger partial charge on any atom is 0.276 e. The number of aromatic nitrogens is 4. The van der Waals surface area contributed by atoms with Gasteiger partial charge in [0.05, 0.1) is 5.69 Å². The van der Waals surface area contributed by atoms with Crippen molar-refractivity contribution >= 4 is 39.7 Å². The highest BCUT2D eigenvalue weighted by molar-refractivity contribution is 7.15. The van der Waals surface area contributed by atoms with Crippen LogP contribution in [-0.4, -0.2) is 31.4 Å². The molecule has 0 spiro atoms. The minimum atomic E-state index is -0.366. The van der Waals surface area contributed by atoms with Gasteiger partial charge in [-0.3, -0.25) is 19.9 Å². The number of rotatable bonds is 4. The van der Waals surface area contributed by atoms with Gasteiger partial charge >= 0.3 is 0 Å². The van der Waals surface area contributed by atoms with Crippen LogP contribution in [0.3, 0.4) is 0 Å². The number of thiazole rings is 1. The summed E-state index contributed by atoms with van der Waals surface area (Å²) >= 11 is 1.42. The fraction of sp³-hybridized carbons (Fsp3) is 0.0556. The Hall–Kier alpha value is -3.59. The van der Waals surface area contributed by atoms with Crippen molar-refractivity contribution in [1.82, 2.24) is 19.6 Å². The SMILES string of the molecule is CC(=O)Nc1ccc(-c2csc3nc(NC(=O)c4ccccn4)nn23)cc1. The Bertz CT molecular complexity index is 1120. The average Bonchev–Trinajstić information content (AvgIpc) is 3.23. The van der Waals surface area contributed by atoms with Crippen LogP contribution in [0.5, 0.6) is 0 Å². The Morgan fingerprint density at radius 3 is 2.59 bits per heavy atom. The van der Waals surface area contributed by atoms with Gasteiger partial charge in [0.25, 0.3) is 11.9 Å². The molecule has 3 heterocycles. The Morgan fingerprint density at radius 1 is 1.07 bits per heavy atom. The van der Waals surface area contributed by atoms with Crippen LogP contribution < -0.4 is 10.6 Å². The highest BCUT2D eigenvalue weighted by Gasteiger charge is 2.14. The van der Waals surface area contributed by atoms with Crippen molar-refractivity contribution in [3.8, 4) is 11.3 Å². The van der Waals surface area contributed by atoms with Crippen molar-refractivity contribution in [3.05, 3.63) is 59.7 Å². The Labute approximate surface area is 157 Å². The number of carbonyl (C=O) groups is 2. The van der Waals surface area contributed by atoms with Crippen LogP contribution in [-0.2, 0) is 4.79 Å². The Morgan fingerprint density at radius 2 is 1.89 bits per heavy atom. The molecule has 3 aromatic heterocycles. The first-order valence-electron chi connectivity index (χ1n) is 8.05. The largest absolute Gasteiger partial charge is 0.326 e. The van der Waals surface area contributed by atoms with Crippen LogP contribution in [0.2, 0.25) is 0 Å². The van der Waals surface area contributed by atoms with Crippen molar-refractivity contribution in [1.29, 1.82) is 0 Å². The molecule has 134 valence electrons. The molecule has 4 aromatic rings. The van der Waals surface area contributed by atoms with E-state index in [0.29, 0.717) is 10.7 Å². The van der Waals surface area contributed by atoms with Gasteiger partial charge in [-0.25, -0.2) is 4.52 Å². The molecule has 2 N–H and O–H groups in total. The molecule has 4 rings (SSSR count). The second-order valence-corrected chi connectivity index (χ2v) is 6.51. The van der Waals surface area contributed by atoms with Crippen molar-refractivity contribution in [3.63, 3.8) is 0 Å². The number of anilines is 2. The number of hydrogen-bond acceptors (Lipinski definition) is 6. The van der Waals surface area contributed by atoms with Gasteiger partial charge in [-0.1, -0.05) is 18.2 Å². The fourth-order valence-electron chi connectivity index (χ4n) is 2.52. The van der Waals surface area contributed by atoms with Crippen molar-refractivity contribution < 1.29 is 9.59 Å². The molecule has 0 aliphatic rings. The molecule has 0 unspecified atom stereocenters. The number of amides is 2. The molecule has 2 amide bonds.